The van der Waals surface area contributed by atoms with Gasteiger partial charge in [0, 0.05) is 6.07 Å². The van der Waals surface area contributed by atoms with Gasteiger partial charge < -0.3 is 4.52 Å². The number of hydrogen-bond acceptors (Lipinski definition) is 5. The Morgan fingerprint density at radius 2 is 2.50 bits per heavy atom. The van der Waals surface area contributed by atoms with Crippen molar-refractivity contribution < 1.29 is 9.32 Å². The first-order valence-electron chi connectivity index (χ1n) is 3.83. The fourth-order valence-corrected chi connectivity index (χ4v) is 1.66. The number of amides is 1. The van der Waals surface area contributed by atoms with E-state index in [2.05, 4.69) is 5.16 Å². The highest BCUT2D eigenvalue weighted by molar-refractivity contribution is 7.13. The van der Waals surface area contributed by atoms with Gasteiger partial charge in [0.15, 0.2) is 11.5 Å². The Morgan fingerprint density at radius 1 is 1.64 bits per heavy atom. The molecule has 0 unspecified atom stereocenters. The highest BCUT2D eigenvalue weighted by Crippen LogP contribution is 2.24. The highest BCUT2D eigenvalue weighted by atomic mass is 32.1. The van der Waals surface area contributed by atoms with Gasteiger partial charge in [-0.2, -0.15) is 0 Å². The van der Waals surface area contributed by atoms with Crippen LogP contribution in [0, 0.1) is 0 Å². The maximum Gasteiger partial charge on any atom is 0.287 e. The number of nitrogens with two attached hydrogens (primary N) is 1. The van der Waals surface area contributed by atoms with Crippen LogP contribution in [0.1, 0.15) is 10.5 Å². The van der Waals surface area contributed by atoms with Gasteiger partial charge >= 0.3 is 0 Å². The minimum atomic E-state index is -0.462. The molecule has 0 radical (unpaired) electrons. The summed E-state index contributed by atoms with van der Waals surface area (Å²) in [5.41, 5.74) is 2.16. The Morgan fingerprint density at radius 3 is 3.14 bits per heavy atom. The monoisotopic (exact) mass is 209 g/mol. The van der Waals surface area contributed by atoms with E-state index >= 15 is 0 Å². The third-order valence-electron chi connectivity index (χ3n) is 1.64. The largest absolute Gasteiger partial charge is 0.355 e. The van der Waals surface area contributed by atoms with Crippen LogP contribution in [-0.2, 0) is 0 Å². The van der Waals surface area contributed by atoms with Crippen molar-refractivity contribution in [2.75, 3.05) is 0 Å². The highest BCUT2D eigenvalue weighted by Gasteiger charge is 2.12. The van der Waals surface area contributed by atoms with E-state index in [1.807, 2.05) is 22.9 Å². The zero-order valence-corrected chi connectivity index (χ0v) is 7.88. The maximum absolute atomic E-state index is 11.0. The van der Waals surface area contributed by atoms with Gasteiger partial charge in [0.25, 0.3) is 5.91 Å². The molecule has 0 spiro atoms. The number of carbonyl (C=O) groups is 1. The summed E-state index contributed by atoms with van der Waals surface area (Å²) in [6.45, 7) is 0. The van der Waals surface area contributed by atoms with E-state index in [4.69, 9.17) is 10.4 Å². The summed E-state index contributed by atoms with van der Waals surface area (Å²) in [5, 5.41) is 5.50. The topological polar surface area (TPSA) is 81.1 Å². The van der Waals surface area contributed by atoms with E-state index < -0.39 is 5.91 Å². The molecule has 14 heavy (non-hydrogen) atoms. The molecule has 0 aliphatic carbocycles. The zero-order valence-electron chi connectivity index (χ0n) is 7.06. The van der Waals surface area contributed by atoms with Crippen molar-refractivity contribution in [3.8, 4) is 10.6 Å². The Balaban J connectivity index is 2.31. The molecule has 72 valence electrons. The van der Waals surface area contributed by atoms with Gasteiger partial charge in [-0.1, -0.05) is 11.2 Å². The van der Waals surface area contributed by atoms with Gasteiger partial charge in [-0.3, -0.25) is 10.2 Å². The molecular weight excluding hydrogens is 202 g/mol. The average molecular weight is 209 g/mol. The van der Waals surface area contributed by atoms with Gasteiger partial charge in [-0.05, 0) is 11.4 Å². The lowest BCUT2D eigenvalue weighted by Crippen LogP contribution is -2.30. The van der Waals surface area contributed by atoms with Crippen LogP contribution >= 0.6 is 11.3 Å². The average Bonchev–Trinajstić information content (AvgIpc) is 2.86. The van der Waals surface area contributed by atoms with E-state index in [-0.39, 0.29) is 5.69 Å². The molecule has 2 aromatic heterocycles. The van der Waals surface area contributed by atoms with Crippen LogP contribution in [-0.4, -0.2) is 11.1 Å². The zero-order chi connectivity index (χ0) is 9.97. The lowest BCUT2D eigenvalue weighted by atomic mass is 10.3. The van der Waals surface area contributed by atoms with Crippen LogP contribution in [0.15, 0.2) is 28.1 Å². The number of nitrogen functional groups attached to an aromatic ring is 1. The van der Waals surface area contributed by atoms with E-state index in [1.54, 1.807) is 6.07 Å². The van der Waals surface area contributed by atoms with E-state index in [1.165, 1.54) is 11.3 Å². The summed E-state index contributed by atoms with van der Waals surface area (Å²) < 4.78 is 4.98. The summed E-state index contributed by atoms with van der Waals surface area (Å²) in [6, 6.07) is 5.33. The smallest absolute Gasteiger partial charge is 0.287 e. The Labute approximate surface area is 83.5 Å². The molecule has 0 saturated carbocycles. The number of carbonyl (C=O) groups excluding carboxylic acids is 1. The molecule has 5 nitrogen and oxygen atoms in total. The van der Waals surface area contributed by atoms with Crippen molar-refractivity contribution in [2.45, 2.75) is 0 Å². The minimum Gasteiger partial charge on any atom is -0.355 e. The second-order valence-corrected chi connectivity index (χ2v) is 3.47. The first kappa shape index (κ1) is 8.92. The minimum absolute atomic E-state index is 0.177. The molecule has 2 aromatic rings. The van der Waals surface area contributed by atoms with Crippen molar-refractivity contribution in [2.24, 2.45) is 5.84 Å². The molecule has 1 amide bonds. The van der Waals surface area contributed by atoms with Crippen LogP contribution in [0.2, 0.25) is 0 Å². The number of nitrogens with one attached hydrogen (secondary N) is 1. The van der Waals surface area contributed by atoms with E-state index in [0.717, 1.165) is 4.88 Å². The molecule has 0 aromatic carbocycles. The molecule has 2 heterocycles. The van der Waals surface area contributed by atoms with Crippen LogP contribution < -0.4 is 11.3 Å². The first-order chi connectivity index (χ1) is 6.81. The third-order valence-corrected chi connectivity index (χ3v) is 2.52. The predicted octanol–water partition coefficient (Wildman–Crippen LogP) is 1.01. The van der Waals surface area contributed by atoms with Gasteiger partial charge in [-0.15, -0.1) is 11.3 Å². The molecule has 0 bridgehead atoms. The summed E-state index contributed by atoms with van der Waals surface area (Å²) in [4.78, 5) is 12.0. The van der Waals surface area contributed by atoms with Crippen molar-refractivity contribution in [1.29, 1.82) is 0 Å². The molecule has 0 fully saturated rings. The summed E-state index contributed by atoms with van der Waals surface area (Å²) >= 11 is 1.51. The number of thiophene rings is 1. The van der Waals surface area contributed by atoms with Gasteiger partial charge in [0.05, 0.1) is 4.88 Å². The first-order valence-corrected chi connectivity index (χ1v) is 4.71. The molecule has 6 heteroatoms. The summed E-state index contributed by atoms with van der Waals surface area (Å²) in [5.74, 6) is 5.06. The van der Waals surface area contributed by atoms with Crippen molar-refractivity contribution in [3.63, 3.8) is 0 Å². The second-order valence-electron chi connectivity index (χ2n) is 2.53. The molecule has 2 rings (SSSR count). The number of hydrogen-bond donors (Lipinski definition) is 2. The molecule has 0 aliphatic rings. The number of hydrazine groups is 1. The predicted molar refractivity (Wildman–Crippen MR) is 51.5 cm³/mol. The second kappa shape index (κ2) is 3.60. The molecule has 0 aliphatic heterocycles. The Bertz CT molecular complexity index is 435. The fraction of sp³-hybridized carbons (Fsp3) is 0. The standard InChI is InChI=1S/C8H7N3O2S/c9-10-8(12)5-4-6(13-11-5)7-2-1-3-14-7/h1-4H,9H2,(H,10,12). The van der Waals surface area contributed by atoms with Crippen LogP contribution in [0.25, 0.3) is 10.6 Å². The lowest BCUT2D eigenvalue weighted by molar-refractivity contribution is 0.0944. The van der Waals surface area contributed by atoms with Crippen LogP contribution in [0.3, 0.4) is 0 Å². The summed E-state index contributed by atoms with van der Waals surface area (Å²) in [6.07, 6.45) is 0. The third kappa shape index (κ3) is 1.52. The Hall–Kier alpha value is -1.66. The van der Waals surface area contributed by atoms with Gasteiger partial charge in [-0.25, -0.2) is 5.84 Å². The molecule has 3 N–H and O–H groups in total. The van der Waals surface area contributed by atoms with E-state index in [0.29, 0.717) is 5.76 Å². The van der Waals surface area contributed by atoms with Crippen LogP contribution in [0.5, 0.6) is 0 Å². The quantitative estimate of drug-likeness (QED) is 0.439. The molecule has 0 saturated heterocycles. The normalized spacial score (nSPS) is 10.1. The number of aromatic nitrogens is 1. The molecular formula is C8H7N3O2S. The fourth-order valence-electron chi connectivity index (χ4n) is 0.991. The van der Waals surface area contributed by atoms with Crippen molar-refractivity contribution in [1.82, 2.24) is 10.6 Å². The van der Waals surface area contributed by atoms with Crippen molar-refractivity contribution in [3.05, 3.63) is 29.3 Å². The van der Waals surface area contributed by atoms with E-state index in [9.17, 15) is 4.79 Å². The Kier molecular flexibility index (Phi) is 2.30. The molecule has 0 atom stereocenters. The lowest BCUT2D eigenvalue weighted by Gasteiger charge is -1.88. The number of rotatable bonds is 2. The van der Waals surface area contributed by atoms with Gasteiger partial charge in [0.2, 0.25) is 0 Å². The van der Waals surface area contributed by atoms with Gasteiger partial charge in [0.1, 0.15) is 0 Å². The maximum atomic E-state index is 11.0. The van der Waals surface area contributed by atoms with Crippen LogP contribution in [0.4, 0.5) is 0 Å². The SMILES string of the molecule is NNC(=O)c1cc(-c2cccs2)on1. The van der Waals surface area contributed by atoms with Crippen molar-refractivity contribution >= 4 is 17.2 Å². The number of nitrogens with zero attached hydrogens (tertiary/aromatic N) is 1. The summed E-state index contributed by atoms with van der Waals surface area (Å²) in [7, 11) is 0.